The quantitative estimate of drug-likeness (QED) is 0.652. The number of hydrogen-bond acceptors (Lipinski definition) is 4. The minimum absolute atomic E-state index is 0.00110. The number of hydrogen-bond donors (Lipinski definition) is 3. The van der Waals surface area contributed by atoms with Gasteiger partial charge in [0.2, 0.25) is 5.91 Å². The number of nitrogens with zero attached hydrogens (tertiary/aromatic N) is 1. The van der Waals surface area contributed by atoms with E-state index in [1.807, 2.05) is 25.1 Å². The van der Waals surface area contributed by atoms with Crippen molar-refractivity contribution in [3.8, 4) is 0 Å². The molecule has 1 aliphatic carbocycles. The highest BCUT2D eigenvalue weighted by atomic mass is 16.2. The summed E-state index contributed by atoms with van der Waals surface area (Å²) in [6.45, 7) is 5.78. The molecule has 6 nitrogen and oxygen atoms in total. The molecule has 0 spiro atoms. The minimum Gasteiger partial charge on any atom is -0.349 e. The van der Waals surface area contributed by atoms with Crippen molar-refractivity contribution in [1.82, 2.24) is 15.5 Å². The molecule has 1 saturated carbocycles. The Balaban J connectivity index is 1.17. The molecule has 1 heterocycles. The number of carbonyl (C=O) groups excluding carboxylic acids is 2. The first-order valence-corrected chi connectivity index (χ1v) is 11.6. The van der Waals surface area contributed by atoms with Crippen LogP contribution in [0.5, 0.6) is 0 Å². The largest absolute Gasteiger partial charge is 0.349 e. The molecule has 0 unspecified atom stereocenters. The zero-order valence-electron chi connectivity index (χ0n) is 19.1. The number of likely N-dealkylation sites (tertiary alicyclic amines) is 1. The van der Waals surface area contributed by atoms with Gasteiger partial charge in [-0.1, -0.05) is 47.5 Å². The summed E-state index contributed by atoms with van der Waals surface area (Å²) in [5.74, 6) is -0.361. The van der Waals surface area contributed by atoms with Crippen molar-refractivity contribution in [3.63, 3.8) is 0 Å². The van der Waals surface area contributed by atoms with E-state index < -0.39 is 0 Å². The summed E-state index contributed by atoms with van der Waals surface area (Å²) < 4.78 is 0. The van der Waals surface area contributed by atoms with Crippen molar-refractivity contribution in [3.05, 3.63) is 70.8 Å². The van der Waals surface area contributed by atoms with Crippen LogP contribution in [-0.4, -0.2) is 48.4 Å². The zero-order valence-corrected chi connectivity index (χ0v) is 19.1. The van der Waals surface area contributed by atoms with Crippen LogP contribution in [0.15, 0.2) is 48.5 Å². The van der Waals surface area contributed by atoms with Crippen LogP contribution in [0, 0.1) is 13.8 Å². The van der Waals surface area contributed by atoms with Crippen molar-refractivity contribution in [2.75, 3.05) is 19.6 Å². The Morgan fingerprint density at radius 1 is 1.03 bits per heavy atom. The van der Waals surface area contributed by atoms with Gasteiger partial charge in [-0.25, -0.2) is 0 Å². The van der Waals surface area contributed by atoms with Crippen LogP contribution >= 0.6 is 0 Å². The van der Waals surface area contributed by atoms with E-state index >= 15 is 0 Å². The van der Waals surface area contributed by atoms with Gasteiger partial charge in [-0.05, 0) is 57.2 Å². The summed E-state index contributed by atoms with van der Waals surface area (Å²) in [7, 11) is 0. The first-order chi connectivity index (χ1) is 15.3. The average molecular weight is 435 g/mol. The summed E-state index contributed by atoms with van der Waals surface area (Å²) in [5.41, 5.74) is 10.6. The van der Waals surface area contributed by atoms with Gasteiger partial charge < -0.3 is 16.4 Å². The van der Waals surface area contributed by atoms with Crippen LogP contribution in [-0.2, 0) is 10.3 Å². The van der Waals surface area contributed by atoms with Crippen molar-refractivity contribution >= 4 is 11.8 Å². The second-order valence-electron chi connectivity index (χ2n) is 9.53. The number of aryl methyl sites for hydroxylation is 2. The Labute approximate surface area is 190 Å². The first kappa shape index (κ1) is 22.5. The molecule has 2 aromatic rings. The average Bonchev–Trinajstić information content (AvgIpc) is 2.75. The highest BCUT2D eigenvalue weighted by Gasteiger charge is 2.39. The molecule has 4 N–H and O–H groups in total. The van der Waals surface area contributed by atoms with Gasteiger partial charge in [0, 0.05) is 30.2 Å². The molecule has 0 aromatic heterocycles. The standard InChI is InChI=1S/C26H34N4O2/c1-18-5-3-7-20(13-18)25(32)28-15-24(31)29-22-16-30(17-22)23-9-11-26(27,12-10-23)21-8-4-6-19(2)14-21/h3-8,13-14,22-23H,9-12,15-17,27H2,1-2H3,(H,28,32)(H,29,31)/t23-,26-. The lowest BCUT2D eigenvalue weighted by Crippen LogP contribution is -2.63. The fourth-order valence-corrected chi connectivity index (χ4v) is 4.96. The number of nitrogens with one attached hydrogen (secondary N) is 2. The lowest BCUT2D eigenvalue weighted by Gasteiger charge is -2.48. The summed E-state index contributed by atoms with van der Waals surface area (Å²) in [6.07, 6.45) is 4.13. The van der Waals surface area contributed by atoms with Crippen molar-refractivity contribution in [1.29, 1.82) is 0 Å². The van der Waals surface area contributed by atoms with Crippen LogP contribution in [0.25, 0.3) is 0 Å². The number of rotatable bonds is 6. The SMILES string of the molecule is Cc1cccc(C(=O)NCC(=O)NC2CN([C@H]3CC[C@@](N)(c4cccc(C)c4)CC3)C2)c1. The lowest BCUT2D eigenvalue weighted by atomic mass is 9.74. The molecule has 4 rings (SSSR count). The van der Waals surface area contributed by atoms with Crippen LogP contribution in [0.2, 0.25) is 0 Å². The molecule has 2 fully saturated rings. The molecule has 0 atom stereocenters. The third-order valence-corrected chi connectivity index (χ3v) is 6.92. The Morgan fingerprint density at radius 3 is 2.34 bits per heavy atom. The molecule has 1 aliphatic heterocycles. The lowest BCUT2D eigenvalue weighted by molar-refractivity contribution is -0.122. The highest BCUT2D eigenvalue weighted by Crippen LogP contribution is 2.37. The summed E-state index contributed by atoms with van der Waals surface area (Å²) >= 11 is 0. The van der Waals surface area contributed by atoms with E-state index in [4.69, 9.17) is 5.73 Å². The smallest absolute Gasteiger partial charge is 0.251 e. The molecule has 2 aromatic carbocycles. The molecule has 32 heavy (non-hydrogen) atoms. The van der Waals surface area contributed by atoms with E-state index in [-0.39, 0.29) is 29.9 Å². The Bertz CT molecular complexity index is 975. The van der Waals surface area contributed by atoms with Crippen molar-refractivity contribution < 1.29 is 9.59 Å². The summed E-state index contributed by atoms with van der Waals surface area (Å²) in [6, 6.07) is 16.6. The monoisotopic (exact) mass is 434 g/mol. The van der Waals surface area contributed by atoms with E-state index in [1.54, 1.807) is 6.07 Å². The van der Waals surface area contributed by atoms with Gasteiger partial charge in [0.25, 0.3) is 5.91 Å². The predicted molar refractivity (Wildman–Crippen MR) is 126 cm³/mol. The topological polar surface area (TPSA) is 87.5 Å². The summed E-state index contributed by atoms with van der Waals surface area (Å²) in [5, 5.41) is 5.74. The molecule has 2 amide bonds. The third-order valence-electron chi connectivity index (χ3n) is 6.92. The van der Waals surface area contributed by atoms with Gasteiger partial charge in [0.05, 0.1) is 12.6 Å². The molecule has 1 saturated heterocycles. The molecule has 0 radical (unpaired) electrons. The van der Waals surface area contributed by atoms with E-state index in [0.29, 0.717) is 11.6 Å². The molecular weight excluding hydrogens is 400 g/mol. The maximum Gasteiger partial charge on any atom is 0.251 e. The fourth-order valence-electron chi connectivity index (χ4n) is 4.96. The third kappa shape index (κ3) is 5.19. The number of benzene rings is 2. The number of nitrogens with two attached hydrogens (primary N) is 1. The first-order valence-electron chi connectivity index (χ1n) is 11.6. The summed E-state index contributed by atoms with van der Waals surface area (Å²) in [4.78, 5) is 26.9. The predicted octanol–water partition coefficient (Wildman–Crippen LogP) is 2.63. The van der Waals surface area contributed by atoms with Crippen molar-refractivity contribution in [2.24, 2.45) is 5.73 Å². The maximum absolute atomic E-state index is 12.2. The van der Waals surface area contributed by atoms with E-state index in [9.17, 15) is 9.59 Å². The van der Waals surface area contributed by atoms with Crippen LogP contribution in [0.3, 0.4) is 0 Å². The normalized spacial score (nSPS) is 23.9. The van der Waals surface area contributed by atoms with Crippen LogP contribution < -0.4 is 16.4 Å². The Morgan fingerprint density at radius 2 is 1.69 bits per heavy atom. The fraction of sp³-hybridized carbons (Fsp3) is 0.462. The Hall–Kier alpha value is -2.70. The van der Waals surface area contributed by atoms with Gasteiger partial charge in [-0.3, -0.25) is 14.5 Å². The zero-order chi connectivity index (χ0) is 22.7. The number of carbonyl (C=O) groups is 2. The van der Waals surface area contributed by atoms with Gasteiger partial charge in [-0.15, -0.1) is 0 Å². The van der Waals surface area contributed by atoms with Gasteiger partial charge in [-0.2, -0.15) is 0 Å². The van der Waals surface area contributed by atoms with Crippen LogP contribution in [0.1, 0.15) is 52.7 Å². The van der Waals surface area contributed by atoms with E-state index in [1.165, 1.54) is 11.1 Å². The van der Waals surface area contributed by atoms with Gasteiger partial charge >= 0.3 is 0 Å². The van der Waals surface area contributed by atoms with E-state index in [2.05, 4.69) is 46.7 Å². The van der Waals surface area contributed by atoms with Crippen LogP contribution in [0.4, 0.5) is 0 Å². The molecule has 170 valence electrons. The van der Waals surface area contributed by atoms with Gasteiger partial charge in [0.1, 0.15) is 0 Å². The second-order valence-corrected chi connectivity index (χ2v) is 9.53. The van der Waals surface area contributed by atoms with Crippen molar-refractivity contribution in [2.45, 2.75) is 57.2 Å². The Kier molecular flexibility index (Phi) is 6.63. The molecule has 0 bridgehead atoms. The second kappa shape index (κ2) is 9.43. The maximum atomic E-state index is 12.2. The number of amides is 2. The highest BCUT2D eigenvalue weighted by molar-refractivity contribution is 5.96. The molecule has 2 aliphatic rings. The molecular formula is C26H34N4O2. The van der Waals surface area contributed by atoms with Gasteiger partial charge in [0.15, 0.2) is 0 Å². The molecule has 6 heteroatoms. The van der Waals surface area contributed by atoms with E-state index in [0.717, 1.165) is 44.3 Å². The minimum atomic E-state index is -0.226.